The Kier molecular flexibility index (Phi) is 8.69. The van der Waals surface area contributed by atoms with E-state index in [4.69, 9.17) is 11.6 Å². The van der Waals surface area contributed by atoms with Crippen LogP contribution in [0.3, 0.4) is 0 Å². The number of para-hydroxylation sites is 1. The number of benzene rings is 2. The third kappa shape index (κ3) is 7.85. The first-order valence-electron chi connectivity index (χ1n) is 10.1. The van der Waals surface area contributed by atoms with Gasteiger partial charge in [-0.15, -0.1) is 0 Å². The first-order valence-corrected chi connectivity index (χ1v) is 10.5. The molecule has 30 heavy (non-hydrogen) atoms. The lowest BCUT2D eigenvalue weighted by Gasteiger charge is -2.22. The number of anilines is 1. The number of urea groups is 1. The van der Waals surface area contributed by atoms with E-state index in [1.54, 1.807) is 0 Å². The van der Waals surface area contributed by atoms with Gasteiger partial charge in [-0.2, -0.15) is 0 Å². The van der Waals surface area contributed by atoms with Gasteiger partial charge in [0, 0.05) is 49.3 Å². The van der Waals surface area contributed by atoms with Gasteiger partial charge in [0.15, 0.2) is 0 Å². The van der Waals surface area contributed by atoms with Crippen LogP contribution in [0.1, 0.15) is 17.5 Å². The number of rotatable bonds is 10. The van der Waals surface area contributed by atoms with Crippen molar-refractivity contribution in [1.29, 1.82) is 0 Å². The zero-order chi connectivity index (χ0) is 21.0. The fourth-order valence-corrected chi connectivity index (χ4v) is 3.28. The normalized spacial score (nSPS) is 10.7. The predicted octanol–water partition coefficient (Wildman–Crippen LogP) is 4.99. The maximum absolute atomic E-state index is 12.0. The van der Waals surface area contributed by atoms with Crippen molar-refractivity contribution < 1.29 is 4.79 Å². The van der Waals surface area contributed by atoms with Gasteiger partial charge in [-0.3, -0.25) is 9.88 Å². The van der Waals surface area contributed by atoms with Crippen molar-refractivity contribution in [2.24, 2.45) is 0 Å². The van der Waals surface area contributed by atoms with Crippen molar-refractivity contribution in [3.63, 3.8) is 0 Å². The monoisotopic (exact) mass is 422 g/mol. The Morgan fingerprint density at radius 1 is 0.900 bits per heavy atom. The van der Waals surface area contributed by atoms with Crippen LogP contribution in [0.5, 0.6) is 0 Å². The largest absolute Gasteiger partial charge is 0.338 e. The molecule has 1 heterocycles. The van der Waals surface area contributed by atoms with E-state index in [9.17, 15) is 4.79 Å². The Balaban J connectivity index is 1.46. The smallest absolute Gasteiger partial charge is 0.319 e. The summed E-state index contributed by atoms with van der Waals surface area (Å²) in [6, 6.07) is 21.4. The summed E-state index contributed by atoms with van der Waals surface area (Å²) in [5.41, 5.74) is 3.28. The number of halogens is 1. The van der Waals surface area contributed by atoms with E-state index in [0.29, 0.717) is 6.54 Å². The first-order chi connectivity index (χ1) is 14.7. The van der Waals surface area contributed by atoms with Gasteiger partial charge < -0.3 is 10.6 Å². The molecule has 0 spiro atoms. The third-order valence-electron chi connectivity index (χ3n) is 4.75. The van der Waals surface area contributed by atoms with E-state index in [-0.39, 0.29) is 6.03 Å². The zero-order valence-corrected chi connectivity index (χ0v) is 17.7. The predicted molar refractivity (Wildman–Crippen MR) is 123 cm³/mol. The highest BCUT2D eigenvalue weighted by atomic mass is 35.5. The first kappa shape index (κ1) is 21.8. The molecule has 0 aliphatic carbocycles. The van der Waals surface area contributed by atoms with Gasteiger partial charge in [0.2, 0.25) is 0 Å². The second-order valence-corrected chi connectivity index (χ2v) is 7.54. The highest BCUT2D eigenvalue weighted by molar-refractivity contribution is 6.30. The summed E-state index contributed by atoms with van der Waals surface area (Å²) in [4.78, 5) is 18.5. The van der Waals surface area contributed by atoms with E-state index in [0.717, 1.165) is 43.2 Å². The van der Waals surface area contributed by atoms with Gasteiger partial charge in [-0.05, 0) is 60.4 Å². The number of nitrogens with one attached hydrogen (secondary N) is 2. The lowest BCUT2D eigenvalue weighted by Crippen LogP contribution is -2.33. The molecule has 6 heteroatoms. The van der Waals surface area contributed by atoms with Crippen LogP contribution in [-0.4, -0.2) is 35.5 Å². The van der Waals surface area contributed by atoms with Gasteiger partial charge in [0.05, 0.1) is 0 Å². The molecule has 3 aromatic rings. The summed E-state index contributed by atoms with van der Waals surface area (Å²) in [6.45, 7) is 3.29. The Morgan fingerprint density at radius 2 is 1.63 bits per heavy atom. The SMILES string of the molecule is O=C(NCCCN(CCc1ccc(Cl)cc1)Cc1ccncc1)Nc1ccccc1. The number of amides is 2. The second-order valence-electron chi connectivity index (χ2n) is 7.11. The Labute approximate surface area is 183 Å². The minimum absolute atomic E-state index is 0.178. The Hall–Kier alpha value is -2.89. The van der Waals surface area contributed by atoms with Crippen LogP contribution >= 0.6 is 11.6 Å². The zero-order valence-electron chi connectivity index (χ0n) is 16.9. The topological polar surface area (TPSA) is 57.3 Å². The van der Waals surface area contributed by atoms with E-state index in [1.807, 2.05) is 67.0 Å². The maximum atomic E-state index is 12.0. The summed E-state index contributed by atoms with van der Waals surface area (Å²) >= 11 is 5.99. The summed E-state index contributed by atoms with van der Waals surface area (Å²) in [5, 5.41) is 6.53. The number of hydrogen-bond acceptors (Lipinski definition) is 3. The summed E-state index contributed by atoms with van der Waals surface area (Å²) < 4.78 is 0. The number of hydrogen-bond donors (Lipinski definition) is 2. The van der Waals surface area contributed by atoms with Crippen molar-refractivity contribution >= 4 is 23.3 Å². The van der Waals surface area contributed by atoms with Gasteiger partial charge >= 0.3 is 6.03 Å². The molecule has 2 aromatic carbocycles. The Bertz CT molecular complexity index is 888. The van der Waals surface area contributed by atoms with Gasteiger partial charge in [-0.1, -0.05) is 41.9 Å². The molecular weight excluding hydrogens is 396 g/mol. The molecule has 2 N–H and O–H groups in total. The van der Waals surface area contributed by atoms with Crippen LogP contribution < -0.4 is 10.6 Å². The molecule has 2 amide bonds. The molecule has 0 saturated carbocycles. The molecular formula is C24H27ClN4O. The van der Waals surface area contributed by atoms with Crippen LogP contribution in [0.15, 0.2) is 79.1 Å². The third-order valence-corrected chi connectivity index (χ3v) is 5.01. The molecule has 0 bridgehead atoms. The van der Waals surface area contributed by atoms with Crippen molar-refractivity contribution in [2.45, 2.75) is 19.4 Å². The molecule has 3 rings (SSSR count). The van der Waals surface area contributed by atoms with Crippen LogP contribution in [0, 0.1) is 0 Å². The number of aromatic nitrogens is 1. The van der Waals surface area contributed by atoms with E-state index in [2.05, 4.69) is 32.7 Å². The van der Waals surface area contributed by atoms with Crippen LogP contribution in [-0.2, 0) is 13.0 Å². The average Bonchev–Trinajstić information content (AvgIpc) is 2.77. The molecule has 156 valence electrons. The number of carbonyl (C=O) groups is 1. The van der Waals surface area contributed by atoms with Crippen molar-refractivity contribution in [1.82, 2.24) is 15.2 Å². The van der Waals surface area contributed by atoms with Gasteiger partial charge in [0.1, 0.15) is 0 Å². The van der Waals surface area contributed by atoms with Crippen molar-refractivity contribution in [3.05, 3.63) is 95.3 Å². The highest BCUT2D eigenvalue weighted by Gasteiger charge is 2.08. The molecule has 0 atom stereocenters. The molecule has 0 fully saturated rings. The van der Waals surface area contributed by atoms with E-state index < -0.39 is 0 Å². The highest BCUT2D eigenvalue weighted by Crippen LogP contribution is 2.12. The standard InChI is InChI=1S/C24H27ClN4O/c25-22-9-7-20(8-10-22)13-18-29(19-21-11-15-26-16-12-21)17-4-14-27-24(30)28-23-5-2-1-3-6-23/h1-3,5-12,15-16H,4,13-14,17-19H2,(H2,27,28,30). The summed E-state index contributed by atoms with van der Waals surface area (Å²) in [7, 11) is 0. The van der Waals surface area contributed by atoms with Crippen LogP contribution in [0.2, 0.25) is 5.02 Å². The van der Waals surface area contributed by atoms with Crippen LogP contribution in [0.4, 0.5) is 10.5 Å². The minimum atomic E-state index is -0.178. The summed E-state index contributed by atoms with van der Waals surface area (Å²) in [5.74, 6) is 0. The molecule has 0 unspecified atom stereocenters. The lowest BCUT2D eigenvalue weighted by molar-refractivity contribution is 0.247. The van der Waals surface area contributed by atoms with E-state index in [1.165, 1.54) is 11.1 Å². The second kappa shape index (κ2) is 12.0. The van der Waals surface area contributed by atoms with Crippen LogP contribution in [0.25, 0.3) is 0 Å². The molecule has 1 aromatic heterocycles. The number of pyridine rings is 1. The maximum Gasteiger partial charge on any atom is 0.319 e. The quantitative estimate of drug-likeness (QED) is 0.452. The van der Waals surface area contributed by atoms with Crippen molar-refractivity contribution in [3.8, 4) is 0 Å². The van der Waals surface area contributed by atoms with Crippen molar-refractivity contribution in [2.75, 3.05) is 25.0 Å². The lowest BCUT2D eigenvalue weighted by atomic mass is 10.1. The van der Waals surface area contributed by atoms with Gasteiger partial charge in [0.25, 0.3) is 0 Å². The number of nitrogens with zero attached hydrogens (tertiary/aromatic N) is 2. The Morgan fingerprint density at radius 3 is 2.37 bits per heavy atom. The summed E-state index contributed by atoms with van der Waals surface area (Å²) in [6.07, 6.45) is 5.46. The molecule has 0 aliphatic rings. The molecule has 0 aliphatic heterocycles. The molecule has 0 saturated heterocycles. The molecule has 5 nitrogen and oxygen atoms in total. The molecule has 0 radical (unpaired) electrons. The van der Waals surface area contributed by atoms with E-state index >= 15 is 0 Å². The average molecular weight is 423 g/mol. The fraction of sp³-hybridized carbons (Fsp3) is 0.250. The van der Waals surface area contributed by atoms with Gasteiger partial charge in [-0.25, -0.2) is 4.79 Å². The number of carbonyl (C=O) groups excluding carboxylic acids is 1. The minimum Gasteiger partial charge on any atom is -0.338 e. The fourth-order valence-electron chi connectivity index (χ4n) is 3.16.